The molecular formula is C16H20N2O3. The number of nitrogens with zero attached hydrogens (tertiary/aromatic N) is 1. The van der Waals surface area contributed by atoms with E-state index in [1.165, 1.54) is 0 Å². The van der Waals surface area contributed by atoms with Gasteiger partial charge in [-0.05, 0) is 30.5 Å². The van der Waals surface area contributed by atoms with Crippen LogP contribution >= 0.6 is 0 Å². The zero-order chi connectivity index (χ0) is 15.1. The number of benzene rings is 1. The zero-order valence-corrected chi connectivity index (χ0v) is 12.0. The van der Waals surface area contributed by atoms with E-state index in [0.29, 0.717) is 12.3 Å². The molecule has 1 aromatic rings. The van der Waals surface area contributed by atoms with E-state index in [1.54, 1.807) is 24.3 Å². The summed E-state index contributed by atoms with van der Waals surface area (Å²) in [5.74, 6) is 0.516. The fourth-order valence-corrected chi connectivity index (χ4v) is 2.54. The first kappa shape index (κ1) is 15.3. The third-order valence-corrected chi connectivity index (χ3v) is 3.74. The Morgan fingerprint density at radius 3 is 2.62 bits per heavy atom. The average Bonchev–Trinajstić information content (AvgIpc) is 2.92. The summed E-state index contributed by atoms with van der Waals surface area (Å²) in [6.45, 7) is 0.341. The number of rotatable bonds is 6. The highest BCUT2D eigenvalue weighted by Gasteiger charge is 2.31. The van der Waals surface area contributed by atoms with Crippen LogP contribution in [0.3, 0.4) is 0 Å². The van der Waals surface area contributed by atoms with Crippen molar-refractivity contribution in [2.24, 2.45) is 0 Å². The van der Waals surface area contributed by atoms with Crippen LogP contribution in [0.1, 0.15) is 31.2 Å². The van der Waals surface area contributed by atoms with Crippen molar-refractivity contribution < 1.29 is 14.6 Å². The molecule has 1 aliphatic rings. The van der Waals surface area contributed by atoms with Crippen LogP contribution in [0.2, 0.25) is 0 Å². The zero-order valence-electron chi connectivity index (χ0n) is 12.0. The Hall–Kier alpha value is -2.06. The molecule has 21 heavy (non-hydrogen) atoms. The summed E-state index contributed by atoms with van der Waals surface area (Å²) in [6, 6.07) is 8.99. The molecule has 0 unspecified atom stereocenters. The number of nitriles is 1. The van der Waals surface area contributed by atoms with Crippen LogP contribution in [0.5, 0.6) is 5.75 Å². The molecular weight excluding hydrogens is 268 g/mol. The van der Waals surface area contributed by atoms with Gasteiger partial charge in [0.15, 0.2) is 6.61 Å². The summed E-state index contributed by atoms with van der Waals surface area (Å²) in [5, 5.41) is 21.4. The molecule has 0 aromatic heterocycles. The summed E-state index contributed by atoms with van der Waals surface area (Å²) in [5.41, 5.74) is 0.153. The van der Waals surface area contributed by atoms with Crippen molar-refractivity contribution in [3.8, 4) is 11.8 Å². The fraction of sp³-hybridized carbons (Fsp3) is 0.500. The van der Waals surface area contributed by atoms with Crippen molar-refractivity contribution in [3.63, 3.8) is 0 Å². The molecule has 5 heteroatoms. The predicted molar refractivity (Wildman–Crippen MR) is 77.7 cm³/mol. The maximum Gasteiger partial charge on any atom is 0.224 e. The van der Waals surface area contributed by atoms with Crippen LogP contribution in [0.25, 0.3) is 0 Å². The van der Waals surface area contributed by atoms with E-state index >= 15 is 0 Å². The molecule has 0 heterocycles. The average molecular weight is 288 g/mol. The predicted octanol–water partition coefficient (Wildman–Crippen LogP) is 1.55. The number of ether oxygens (including phenoxy) is 1. The van der Waals surface area contributed by atoms with Crippen molar-refractivity contribution in [1.82, 2.24) is 5.32 Å². The molecule has 1 aromatic carbocycles. The van der Waals surface area contributed by atoms with Gasteiger partial charge in [0, 0.05) is 6.54 Å². The van der Waals surface area contributed by atoms with Crippen molar-refractivity contribution in [2.45, 2.75) is 37.7 Å². The van der Waals surface area contributed by atoms with Gasteiger partial charge in [0.25, 0.3) is 0 Å². The summed E-state index contributed by atoms with van der Waals surface area (Å²) >= 11 is 0. The number of carbonyl (C=O) groups excluding carboxylic acids is 1. The van der Waals surface area contributed by atoms with E-state index in [0.717, 1.165) is 31.2 Å². The Kier molecular flexibility index (Phi) is 5.18. The molecule has 1 saturated carbocycles. The van der Waals surface area contributed by atoms with Gasteiger partial charge in [0.1, 0.15) is 11.8 Å². The van der Waals surface area contributed by atoms with Crippen LogP contribution < -0.4 is 10.1 Å². The lowest BCUT2D eigenvalue weighted by Gasteiger charge is -2.22. The summed E-state index contributed by atoms with van der Waals surface area (Å²) in [4.78, 5) is 11.9. The van der Waals surface area contributed by atoms with Crippen LogP contribution in [0.4, 0.5) is 0 Å². The number of aliphatic hydroxyl groups is 1. The third kappa shape index (κ3) is 4.76. The smallest absolute Gasteiger partial charge is 0.224 e. The molecule has 112 valence electrons. The molecule has 0 aliphatic heterocycles. The Morgan fingerprint density at radius 1 is 1.33 bits per heavy atom. The third-order valence-electron chi connectivity index (χ3n) is 3.74. The van der Waals surface area contributed by atoms with Gasteiger partial charge in [-0.1, -0.05) is 25.0 Å². The fourth-order valence-electron chi connectivity index (χ4n) is 2.54. The van der Waals surface area contributed by atoms with Crippen molar-refractivity contribution in [1.29, 1.82) is 5.26 Å². The van der Waals surface area contributed by atoms with Gasteiger partial charge < -0.3 is 15.2 Å². The SMILES string of the molecule is N#CCOc1ccc(CC(=O)NCC2(O)CCCC2)cc1. The maximum absolute atomic E-state index is 11.9. The topological polar surface area (TPSA) is 82.3 Å². The summed E-state index contributed by atoms with van der Waals surface area (Å²) < 4.78 is 5.15. The second-order valence-electron chi connectivity index (χ2n) is 5.48. The Labute approximate surface area is 124 Å². The van der Waals surface area contributed by atoms with E-state index in [4.69, 9.17) is 10.00 Å². The minimum absolute atomic E-state index is 0.0123. The van der Waals surface area contributed by atoms with Gasteiger partial charge in [0.05, 0.1) is 12.0 Å². The molecule has 1 fully saturated rings. The molecule has 1 amide bonds. The lowest BCUT2D eigenvalue weighted by atomic mass is 10.0. The first-order valence-electron chi connectivity index (χ1n) is 7.19. The molecule has 0 spiro atoms. The molecule has 0 saturated heterocycles. The number of hydrogen-bond donors (Lipinski definition) is 2. The molecule has 2 rings (SSSR count). The van der Waals surface area contributed by atoms with Gasteiger partial charge in [-0.3, -0.25) is 4.79 Å². The van der Waals surface area contributed by atoms with Gasteiger partial charge in [0.2, 0.25) is 5.91 Å². The van der Waals surface area contributed by atoms with Crippen LogP contribution in [-0.2, 0) is 11.2 Å². The quantitative estimate of drug-likeness (QED) is 0.832. The maximum atomic E-state index is 11.9. The highest BCUT2D eigenvalue weighted by Crippen LogP contribution is 2.28. The Balaban J connectivity index is 1.78. The first-order chi connectivity index (χ1) is 10.1. The molecule has 0 atom stereocenters. The molecule has 0 radical (unpaired) electrons. The van der Waals surface area contributed by atoms with Gasteiger partial charge in [-0.2, -0.15) is 5.26 Å². The monoisotopic (exact) mass is 288 g/mol. The van der Waals surface area contributed by atoms with E-state index in [2.05, 4.69) is 5.32 Å². The Bertz CT molecular complexity index is 513. The van der Waals surface area contributed by atoms with Gasteiger partial charge in [-0.15, -0.1) is 0 Å². The van der Waals surface area contributed by atoms with Gasteiger partial charge >= 0.3 is 0 Å². The highest BCUT2D eigenvalue weighted by molar-refractivity contribution is 5.78. The number of nitrogens with one attached hydrogen (secondary N) is 1. The summed E-state index contributed by atoms with van der Waals surface area (Å²) in [6.07, 6.45) is 3.85. The highest BCUT2D eigenvalue weighted by atomic mass is 16.5. The molecule has 1 aliphatic carbocycles. The van der Waals surface area contributed by atoms with E-state index < -0.39 is 5.60 Å². The lowest BCUT2D eigenvalue weighted by molar-refractivity contribution is -0.121. The second kappa shape index (κ2) is 7.09. The molecule has 0 bridgehead atoms. The second-order valence-corrected chi connectivity index (χ2v) is 5.48. The standard InChI is InChI=1S/C16H20N2O3/c17-9-10-21-14-5-3-13(4-6-14)11-15(19)18-12-16(20)7-1-2-8-16/h3-6,20H,1-2,7-8,10-12H2,(H,18,19). The van der Waals surface area contributed by atoms with E-state index in [9.17, 15) is 9.90 Å². The number of hydrogen-bond acceptors (Lipinski definition) is 4. The normalized spacial score (nSPS) is 16.2. The van der Waals surface area contributed by atoms with Crippen molar-refractivity contribution in [3.05, 3.63) is 29.8 Å². The van der Waals surface area contributed by atoms with Crippen LogP contribution in [0.15, 0.2) is 24.3 Å². The number of amides is 1. The van der Waals surface area contributed by atoms with Crippen LogP contribution in [-0.4, -0.2) is 29.8 Å². The minimum atomic E-state index is -0.718. The van der Waals surface area contributed by atoms with E-state index in [1.807, 2.05) is 6.07 Å². The summed E-state index contributed by atoms with van der Waals surface area (Å²) in [7, 11) is 0. The van der Waals surface area contributed by atoms with E-state index in [-0.39, 0.29) is 18.9 Å². The lowest BCUT2D eigenvalue weighted by Crippen LogP contribution is -2.41. The number of carbonyl (C=O) groups is 1. The van der Waals surface area contributed by atoms with Crippen LogP contribution in [0, 0.1) is 11.3 Å². The van der Waals surface area contributed by atoms with Crippen molar-refractivity contribution >= 4 is 5.91 Å². The first-order valence-corrected chi connectivity index (χ1v) is 7.19. The minimum Gasteiger partial charge on any atom is -0.479 e. The Morgan fingerprint density at radius 2 is 2.00 bits per heavy atom. The van der Waals surface area contributed by atoms with Crippen molar-refractivity contribution in [2.75, 3.05) is 13.2 Å². The molecule has 5 nitrogen and oxygen atoms in total. The molecule has 2 N–H and O–H groups in total. The van der Waals surface area contributed by atoms with Gasteiger partial charge in [-0.25, -0.2) is 0 Å². The largest absolute Gasteiger partial charge is 0.479 e.